The van der Waals surface area contributed by atoms with E-state index < -0.39 is 5.82 Å². The third-order valence-corrected chi connectivity index (χ3v) is 2.63. The second kappa shape index (κ2) is 5.10. The van der Waals surface area contributed by atoms with Crippen LogP contribution in [-0.2, 0) is 0 Å². The Morgan fingerprint density at radius 1 is 1.35 bits per heavy atom. The first-order valence-electron chi connectivity index (χ1n) is 5.63. The molecule has 17 heavy (non-hydrogen) atoms. The van der Waals surface area contributed by atoms with Gasteiger partial charge in [0.1, 0.15) is 0 Å². The molecule has 0 spiro atoms. The van der Waals surface area contributed by atoms with Gasteiger partial charge in [0.25, 0.3) is 0 Å². The van der Waals surface area contributed by atoms with E-state index in [9.17, 15) is 9.18 Å². The van der Waals surface area contributed by atoms with Crippen molar-refractivity contribution >= 4 is 16.8 Å². The van der Waals surface area contributed by atoms with E-state index in [1.807, 2.05) is 0 Å². The molecule has 0 aliphatic rings. The Balaban J connectivity index is 2.19. The molecule has 2 N–H and O–H groups in total. The molecule has 0 radical (unpaired) electrons. The molecule has 4 heteroatoms. The molecule has 0 saturated heterocycles. The summed E-state index contributed by atoms with van der Waals surface area (Å²) in [6.07, 6.45) is 1.92. The molecule has 2 aromatic rings. The van der Waals surface area contributed by atoms with Gasteiger partial charge in [0, 0.05) is 11.8 Å². The zero-order chi connectivity index (χ0) is 12.3. The Morgan fingerprint density at radius 2 is 2.18 bits per heavy atom. The Morgan fingerprint density at radius 3 is 2.88 bits per heavy atom. The molecular formula is C13H14FNO2. The van der Waals surface area contributed by atoms with Gasteiger partial charge < -0.3 is 10.2 Å². The number of unbranched alkanes of at least 4 members (excludes halogenated alkanes) is 1. The first-order chi connectivity index (χ1) is 8.22. The highest BCUT2D eigenvalue weighted by Gasteiger charge is 2.13. The number of nitrogens with two attached hydrogens (primary N) is 1. The van der Waals surface area contributed by atoms with Gasteiger partial charge in [0.2, 0.25) is 0 Å². The summed E-state index contributed by atoms with van der Waals surface area (Å²) in [5, 5.41) is 0.618. The number of Topliss-reactive ketones (excluding diaryl/α,β-unsaturated/α-hetero) is 1. The molecule has 0 bridgehead atoms. The number of benzene rings is 1. The molecule has 0 amide bonds. The average Bonchev–Trinajstić information content (AvgIpc) is 2.75. The number of hydrogen-bond acceptors (Lipinski definition) is 3. The predicted octanol–water partition coefficient (Wildman–Crippen LogP) is 2.88. The maximum atomic E-state index is 13.3. The van der Waals surface area contributed by atoms with E-state index in [1.54, 1.807) is 18.2 Å². The van der Waals surface area contributed by atoms with Gasteiger partial charge in [-0.3, -0.25) is 4.79 Å². The van der Waals surface area contributed by atoms with Gasteiger partial charge in [-0.2, -0.15) is 0 Å². The van der Waals surface area contributed by atoms with Crippen molar-refractivity contribution in [2.24, 2.45) is 5.73 Å². The zero-order valence-corrected chi connectivity index (χ0v) is 9.41. The molecule has 0 aliphatic carbocycles. The monoisotopic (exact) mass is 235 g/mol. The van der Waals surface area contributed by atoms with Crippen LogP contribution in [0.5, 0.6) is 0 Å². The summed E-state index contributed by atoms with van der Waals surface area (Å²) in [5.74, 6) is -0.320. The Hall–Kier alpha value is -1.68. The normalized spacial score (nSPS) is 10.9. The molecule has 1 aromatic carbocycles. The molecular weight excluding hydrogens is 221 g/mol. The molecule has 2 rings (SSSR count). The topological polar surface area (TPSA) is 56.2 Å². The van der Waals surface area contributed by atoms with Crippen LogP contribution in [0.3, 0.4) is 0 Å². The molecule has 1 aromatic heterocycles. The fourth-order valence-corrected chi connectivity index (χ4v) is 1.72. The lowest BCUT2D eigenvalue weighted by Crippen LogP contribution is -2.01. The van der Waals surface area contributed by atoms with Crippen LogP contribution in [0.1, 0.15) is 29.8 Å². The average molecular weight is 235 g/mol. The van der Waals surface area contributed by atoms with E-state index in [-0.39, 0.29) is 17.1 Å². The number of carbonyl (C=O) groups excluding carboxylic acids is 1. The van der Waals surface area contributed by atoms with E-state index in [0.717, 1.165) is 12.8 Å². The standard InChI is InChI=1S/C13H14FNO2/c14-10-5-3-4-9-8-12(17-13(9)10)11(16)6-1-2-7-15/h3-5,8H,1-2,6-7,15H2. The second-order valence-corrected chi connectivity index (χ2v) is 3.94. The van der Waals surface area contributed by atoms with Crippen LogP contribution in [-0.4, -0.2) is 12.3 Å². The summed E-state index contributed by atoms with van der Waals surface area (Å²) in [6.45, 7) is 0.571. The summed E-state index contributed by atoms with van der Waals surface area (Å²) in [6, 6.07) is 6.21. The second-order valence-electron chi connectivity index (χ2n) is 3.94. The Labute approximate surface area is 98.4 Å². The van der Waals surface area contributed by atoms with Crippen molar-refractivity contribution in [1.29, 1.82) is 0 Å². The molecule has 3 nitrogen and oxygen atoms in total. The zero-order valence-electron chi connectivity index (χ0n) is 9.41. The molecule has 0 unspecified atom stereocenters. The van der Waals surface area contributed by atoms with Crippen molar-refractivity contribution in [2.75, 3.05) is 6.54 Å². The molecule has 0 atom stereocenters. The van der Waals surface area contributed by atoms with Crippen LogP contribution < -0.4 is 5.73 Å². The lowest BCUT2D eigenvalue weighted by atomic mass is 10.1. The summed E-state index contributed by atoms with van der Waals surface area (Å²) >= 11 is 0. The van der Waals surface area contributed by atoms with Crippen molar-refractivity contribution < 1.29 is 13.6 Å². The molecule has 0 fully saturated rings. The Kier molecular flexibility index (Phi) is 3.54. The number of halogens is 1. The van der Waals surface area contributed by atoms with E-state index in [2.05, 4.69) is 0 Å². The maximum absolute atomic E-state index is 13.3. The van der Waals surface area contributed by atoms with Crippen LogP contribution in [0.15, 0.2) is 28.7 Å². The van der Waals surface area contributed by atoms with Crippen molar-refractivity contribution in [1.82, 2.24) is 0 Å². The van der Waals surface area contributed by atoms with Gasteiger partial charge in [-0.1, -0.05) is 12.1 Å². The molecule has 0 saturated carbocycles. The summed E-state index contributed by atoms with van der Waals surface area (Å²) in [5.41, 5.74) is 5.50. The van der Waals surface area contributed by atoms with Crippen LogP contribution in [0.25, 0.3) is 11.0 Å². The molecule has 0 aliphatic heterocycles. The third-order valence-electron chi connectivity index (χ3n) is 2.63. The largest absolute Gasteiger partial charge is 0.450 e. The van der Waals surface area contributed by atoms with Gasteiger partial charge in [0.15, 0.2) is 22.9 Å². The van der Waals surface area contributed by atoms with Gasteiger partial charge >= 0.3 is 0 Å². The SMILES string of the molecule is NCCCCC(=O)c1cc2cccc(F)c2o1. The molecule has 1 heterocycles. The predicted molar refractivity (Wildman–Crippen MR) is 63.4 cm³/mol. The van der Waals surface area contributed by atoms with Gasteiger partial charge in [-0.25, -0.2) is 4.39 Å². The number of rotatable bonds is 5. The number of para-hydroxylation sites is 1. The minimum Gasteiger partial charge on any atom is -0.450 e. The smallest absolute Gasteiger partial charge is 0.198 e. The number of carbonyl (C=O) groups is 1. The van der Waals surface area contributed by atoms with E-state index in [1.165, 1.54) is 6.07 Å². The van der Waals surface area contributed by atoms with Crippen molar-refractivity contribution in [3.63, 3.8) is 0 Å². The van der Waals surface area contributed by atoms with Crippen LogP contribution >= 0.6 is 0 Å². The third kappa shape index (κ3) is 2.53. The number of hydrogen-bond donors (Lipinski definition) is 1. The van der Waals surface area contributed by atoms with E-state index >= 15 is 0 Å². The van der Waals surface area contributed by atoms with Crippen molar-refractivity contribution in [3.05, 3.63) is 35.8 Å². The summed E-state index contributed by atoms with van der Waals surface area (Å²) in [7, 11) is 0. The van der Waals surface area contributed by atoms with Crippen molar-refractivity contribution in [2.45, 2.75) is 19.3 Å². The first kappa shape index (κ1) is 11.8. The Bertz CT molecular complexity index is 533. The first-order valence-corrected chi connectivity index (χ1v) is 5.63. The van der Waals surface area contributed by atoms with Crippen LogP contribution in [0, 0.1) is 5.82 Å². The quantitative estimate of drug-likeness (QED) is 0.640. The van der Waals surface area contributed by atoms with Gasteiger partial charge in [0.05, 0.1) is 0 Å². The van der Waals surface area contributed by atoms with Crippen LogP contribution in [0.4, 0.5) is 4.39 Å². The van der Waals surface area contributed by atoms with E-state index in [0.29, 0.717) is 18.4 Å². The summed E-state index contributed by atoms with van der Waals surface area (Å²) in [4.78, 5) is 11.7. The van der Waals surface area contributed by atoms with Crippen LogP contribution in [0.2, 0.25) is 0 Å². The highest BCUT2D eigenvalue weighted by atomic mass is 19.1. The lowest BCUT2D eigenvalue weighted by molar-refractivity contribution is 0.0954. The van der Waals surface area contributed by atoms with Gasteiger partial charge in [-0.05, 0) is 31.5 Å². The fourth-order valence-electron chi connectivity index (χ4n) is 1.72. The number of ketones is 1. The molecule has 90 valence electrons. The van der Waals surface area contributed by atoms with Gasteiger partial charge in [-0.15, -0.1) is 0 Å². The number of furan rings is 1. The minimum atomic E-state index is -0.441. The van der Waals surface area contributed by atoms with Crippen molar-refractivity contribution in [3.8, 4) is 0 Å². The highest BCUT2D eigenvalue weighted by Crippen LogP contribution is 2.23. The lowest BCUT2D eigenvalue weighted by Gasteiger charge is -1.95. The van der Waals surface area contributed by atoms with E-state index in [4.69, 9.17) is 10.2 Å². The fraction of sp³-hybridized carbons (Fsp3) is 0.308. The minimum absolute atomic E-state index is 0.103. The summed E-state index contributed by atoms with van der Waals surface area (Å²) < 4.78 is 18.6. The highest BCUT2D eigenvalue weighted by molar-refractivity contribution is 5.97. The number of fused-ring (bicyclic) bond motifs is 1. The maximum Gasteiger partial charge on any atom is 0.198 e.